The number of hydrogen-bond donors (Lipinski definition) is 0. The second kappa shape index (κ2) is 37.0. The van der Waals surface area contributed by atoms with Gasteiger partial charge in [-0.2, -0.15) is 84.6 Å². The fraction of sp³-hybridized carbons (Fsp3) is 0.659. The van der Waals surface area contributed by atoms with Crippen molar-refractivity contribution in [3.63, 3.8) is 0 Å². The number of hydrogen-bond acceptors (Lipinski definition) is 3. The molecular formula is C41H76N10OTi2. The van der Waals surface area contributed by atoms with Gasteiger partial charge in [0.05, 0.1) is 0 Å². The predicted octanol–water partition coefficient (Wildman–Crippen LogP) is 11.7. The molecule has 1 heterocycles. The van der Waals surface area contributed by atoms with E-state index in [1.54, 1.807) is 84.6 Å². The average molecular weight is 821 g/mol. The second-order valence-corrected chi connectivity index (χ2v) is 13.9. The molecule has 0 fully saturated rings. The van der Waals surface area contributed by atoms with Gasteiger partial charge in [-0.05, 0) is 11.1 Å². The molecule has 1 aliphatic rings. The number of amidine groups is 2. The Morgan fingerprint density at radius 3 is 0.963 bits per heavy atom. The van der Waals surface area contributed by atoms with Crippen molar-refractivity contribution in [1.82, 2.24) is 0 Å². The molecule has 0 aromatic heterocycles. The Balaban J connectivity index is -0.000000244. The summed E-state index contributed by atoms with van der Waals surface area (Å²) in [6.45, 7) is 22.4. The molecule has 0 unspecified atom stereocenters. The van der Waals surface area contributed by atoms with Crippen molar-refractivity contribution in [2.24, 2.45) is 9.98 Å². The van der Waals surface area contributed by atoms with Gasteiger partial charge in [-0.25, -0.2) is 0 Å². The van der Waals surface area contributed by atoms with Crippen LogP contribution in [-0.2, 0) is 48.9 Å². The van der Waals surface area contributed by atoms with Crippen LogP contribution in [-0.4, -0.2) is 120 Å². The number of para-hydroxylation sites is 2. The Hall–Kier alpha value is -1.63. The van der Waals surface area contributed by atoms with Crippen molar-refractivity contribution < 1.29 is 48.2 Å². The third kappa shape index (κ3) is 27.9. The molecule has 54 heavy (non-hydrogen) atoms. The molecule has 2 aromatic rings. The van der Waals surface area contributed by atoms with Crippen LogP contribution >= 0.6 is 0 Å². The molecule has 0 bridgehead atoms. The summed E-state index contributed by atoms with van der Waals surface area (Å²) in [7, 11) is 21.0. The third-order valence-corrected chi connectivity index (χ3v) is 5.56. The summed E-state index contributed by atoms with van der Waals surface area (Å²) in [5.74, 6) is 3.09. The van der Waals surface area contributed by atoms with Gasteiger partial charge in [0, 0.05) is 27.7 Å². The van der Waals surface area contributed by atoms with E-state index in [4.69, 9.17) is 25.4 Å². The standard InChI is InChI=1S/C29H40N4O.6C2H6N.2Ti/c1-11-30-25(32-27(3,4)5)19-15-13-17-21-23(19)34-24-20(16-14-18-22(24)29(21,9)10)26(31-12-2)33-28(6,7)8;6*1-3-2;;/h13-18H,11-12H2,1-10H3;6*1-2H3;;/q-2;6*-1;2*+4. The molecule has 0 atom stereocenters. The van der Waals surface area contributed by atoms with Crippen LogP contribution in [0.1, 0.15) is 91.5 Å². The summed E-state index contributed by atoms with van der Waals surface area (Å²) in [4.78, 5) is 9.89. The van der Waals surface area contributed by atoms with Crippen molar-refractivity contribution in [3.05, 3.63) is 101 Å². The van der Waals surface area contributed by atoms with Gasteiger partial charge in [0.25, 0.3) is 0 Å². The summed E-state index contributed by atoms with van der Waals surface area (Å²) >= 11 is 0. The van der Waals surface area contributed by atoms with Gasteiger partial charge in [0.15, 0.2) is 0 Å². The van der Waals surface area contributed by atoms with Crippen LogP contribution in [0.3, 0.4) is 0 Å². The fourth-order valence-electron chi connectivity index (χ4n) is 4.17. The zero-order valence-electron chi connectivity index (χ0n) is 38.3. The van der Waals surface area contributed by atoms with Gasteiger partial charge < -0.3 is 57.3 Å². The van der Waals surface area contributed by atoms with Gasteiger partial charge in [0.1, 0.15) is 11.5 Å². The quantitative estimate of drug-likeness (QED) is 0.169. The summed E-state index contributed by atoms with van der Waals surface area (Å²) < 4.78 is 6.78. The molecule has 1 aliphatic heterocycles. The molecule has 13 heteroatoms. The number of benzene rings is 2. The minimum Gasteiger partial charge on any atom is -0.668 e. The fourth-order valence-corrected chi connectivity index (χ4v) is 4.17. The number of aliphatic imine (C=N–C) groups is 2. The topological polar surface area (TPSA) is 147 Å². The van der Waals surface area contributed by atoms with E-state index in [1.165, 1.54) is 0 Å². The first-order chi connectivity index (χ1) is 24.3. The van der Waals surface area contributed by atoms with Gasteiger partial charge in [-0.15, -0.1) is 0 Å². The molecule has 11 nitrogen and oxygen atoms in total. The van der Waals surface area contributed by atoms with Crippen molar-refractivity contribution >= 4 is 11.7 Å². The first-order valence-corrected chi connectivity index (χ1v) is 17.7. The molecule has 0 spiro atoms. The minimum absolute atomic E-state index is 0. The van der Waals surface area contributed by atoms with Gasteiger partial charge in [-0.1, -0.05) is 130 Å². The van der Waals surface area contributed by atoms with E-state index in [9.17, 15) is 0 Å². The number of ether oxygens (including phenoxy) is 1. The van der Waals surface area contributed by atoms with Crippen LogP contribution in [0.2, 0.25) is 0 Å². The summed E-state index contributed by atoms with van der Waals surface area (Å²) in [5.41, 5.74) is 3.32. The van der Waals surface area contributed by atoms with E-state index in [0.717, 1.165) is 45.4 Å². The largest absolute Gasteiger partial charge is 4.00 e. The molecule has 2 aromatic carbocycles. The molecule has 3 rings (SSSR count). The van der Waals surface area contributed by atoms with E-state index < -0.39 is 0 Å². The van der Waals surface area contributed by atoms with E-state index >= 15 is 0 Å². The van der Waals surface area contributed by atoms with Crippen molar-refractivity contribution in [2.75, 3.05) is 97.7 Å². The van der Waals surface area contributed by atoms with Gasteiger partial charge in [0.2, 0.25) is 0 Å². The average Bonchev–Trinajstić information content (AvgIpc) is 3.02. The predicted molar refractivity (Wildman–Crippen MR) is 237 cm³/mol. The maximum atomic E-state index is 6.78. The Morgan fingerprint density at radius 1 is 0.519 bits per heavy atom. The van der Waals surface area contributed by atoms with E-state index in [0.29, 0.717) is 13.1 Å². The van der Waals surface area contributed by atoms with Crippen molar-refractivity contribution in [1.29, 1.82) is 0 Å². The summed E-state index contributed by atoms with van der Waals surface area (Å²) in [5, 5.41) is 30.5. The normalized spacial score (nSPS) is 12.0. The zero-order valence-corrected chi connectivity index (χ0v) is 41.4. The monoisotopic (exact) mass is 821 g/mol. The number of rotatable bonds is 4. The first kappa shape index (κ1) is 64.3. The maximum absolute atomic E-state index is 6.78. The number of nitrogens with zero attached hydrogens (tertiary/aromatic N) is 10. The molecular weight excluding hydrogens is 744 g/mol. The van der Waals surface area contributed by atoms with Gasteiger partial charge in [-0.3, -0.25) is 0 Å². The first-order valence-electron chi connectivity index (χ1n) is 17.7. The maximum Gasteiger partial charge on any atom is 4.00 e. The Morgan fingerprint density at radius 2 is 0.759 bits per heavy atom. The molecule has 0 saturated heterocycles. The minimum atomic E-state index is -0.271. The van der Waals surface area contributed by atoms with Crippen LogP contribution in [0.25, 0.3) is 42.5 Å². The van der Waals surface area contributed by atoms with Crippen LogP contribution in [0.4, 0.5) is 0 Å². The Bertz CT molecular complexity index is 1120. The van der Waals surface area contributed by atoms with Crippen molar-refractivity contribution in [3.8, 4) is 11.5 Å². The molecule has 0 N–H and O–H groups in total. The zero-order chi connectivity index (χ0) is 41.6. The van der Waals surface area contributed by atoms with Crippen LogP contribution in [0, 0.1) is 0 Å². The summed E-state index contributed by atoms with van der Waals surface area (Å²) in [6, 6.07) is 12.6. The molecule has 0 radical (unpaired) electrons. The smallest absolute Gasteiger partial charge is 0.668 e. The third-order valence-electron chi connectivity index (χ3n) is 5.56. The van der Waals surface area contributed by atoms with Crippen LogP contribution in [0.15, 0.2) is 46.4 Å². The van der Waals surface area contributed by atoms with Crippen molar-refractivity contribution in [2.45, 2.75) is 85.7 Å². The molecule has 304 valence electrons. The van der Waals surface area contributed by atoms with Gasteiger partial charge >= 0.3 is 43.4 Å². The molecule has 0 saturated carbocycles. The molecule has 0 aliphatic carbocycles. The molecule has 0 amide bonds. The number of fused-ring (bicyclic) bond motifs is 2. The second-order valence-electron chi connectivity index (χ2n) is 13.9. The Kier molecular flexibility index (Phi) is 44.0. The SMILES string of the molecule is CC[N-]C(=NC(C)(C)C)c1cccc2c1Oc1c(C(=NC(C)(C)C)[N-]CC)cccc1C2(C)C.C[N-]C.C[N-]C.C[N-]C.C[N-]C.C[N-]C.C[N-]C.[Ti+4].[Ti+4]. The van der Waals surface area contributed by atoms with E-state index in [2.05, 4.69) is 124 Å². The Labute approximate surface area is 363 Å². The summed E-state index contributed by atoms with van der Waals surface area (Å²) in [6.07, 6.45) is 0. The van der Waals surface area contributed by atoms with Crippen LogP contribution < -0.4 is 4.74 Å². The van der Waals surface area contributed by atoms with Crippen LogP contribution in [0.5, 0.6) is 11.5 Å². The van der Waals surface area contributed by atoms with E-state index in [-0.39, 0.29) is 59.9 Å². The van der Waals surface area contributed by atoms with E-state index in [1.807, 2.05) is 13.8 Å².